The minimum atomic E-state index is 0.638. The van der Waals surface area contributed by atoms with E-state index >= 15 is 0 Å². The van der Waals surface area contributed by atoms with Crippen LogP contribution in [-0.4, -0.2) is 17.6 Å². The van der Waals surface area contributed by atoms with Gasteiger partial charge in [-0.2, -0.15) is 0 Å². The summed E-state index contributed by atoms with van der Waals surface area (Å²) in [5, 5.41) is 3.83. The molecule has 1 aromatic heterocycles. The number of hydrogen-bond donors (Lipinski definition) is 1. The van der Waals surface area contributed by atoms with Gasteiger partial charge in [0.15, 0.2) is 0 Å². The van der Waals surface area contributed by atoms with Gasteiger partial charge in [-0.1, -0.05) is 19.4 Å². The van der Waals surface area contributed by atoms with E-state index < -0.39 is 0 Å². The molecule has 2 bridgehead atoms. The number of nitrogens with one attached hydrogen (secondary N) is 1. The van der Waals surface area contributed by atoms with Crippen molar-refractivity contribution in [2.45, 2.75) is 58.4 Å². The SMILES string of the molecule is CCCNC(Cc1ncccc1C)C1CC2CCC1C2. The van der Waals surface area contributed by atoms with Crippen LogP contribution in [0.4, 0.5) is 0 Å². The first-order valence-electron chi connectivity index (χ1n) is 8.41. The summed E-state index contributed by atoms with van der Waals surface area (Å²) < 4.78 is 0. The lowest BCUT2D eigenvalue weighted by atomic mass is 9.81. The third-order valence-corrected chi connectivity index (χ3v) is 5.50. The van der Waals surface area contributed by atoms with E-state index in [0.717, 1.165) is 30.7 Å². The van der Waals surface area contributed by atoms with Crippen molar-refractivity contribution in [3.05, 3.63) is 29.6 Å². The lowest BCUT2D eigenvalue weighted by molar-refractivity contribution is 0.245. The maximum atomic E-state index is 4.62. The lowest BCUT2D eigenvalue weighted by Crippen LogP contribution is -2.41. The van der Waals surface area contributed by atoms with Crippen LogP contribution in [0.2, 0.25) is 0 Å². The maximum Gasteiger partial charge on any atom is 0.0448 e. The summed E-state index contributed by atoms with van der Waals surface area (Å²) in [6.45, 7) is 5.60. The van der Waals surface area contributed by atoms with Crippen LogP contribution in [0.1, 0.15) is 50.3 Å². The van der Waals surface area contributed by atoms with E-state index in [1.807, 2.05) is 12.3 Å². The van der Waals surface area contributed by atoms with Gasteiger partial charge in [0.1, 0.15) is 0 Å². The van der Waals surface area contributed by atoms with Crippen molar-refractivity contribution in [1.29, 1.82) is 0 Å². The summed E-state index contributed by atoms with van der Waals surface area (Å²) in [6.07, 6.45) is 10.2. The second-order valence-corrected chi connectivity index (χ2v) is 6.87. The van der Waals surface area contributed by atoms with Crippen LogP contribution in [-0.2, 0) is 6.42 Å². The van der Waals surface area contributed by atoms with Gasteiger partial charge in [0.05, 0.1) is 0 Å². The molecule has 2 aliphatic carbocycles. The highest BCUT2D eigenvalue weighted by molar-refractivity contribution is 5.19. The molecule has 0 saturated heterocycles. The van der Waals surface area contributed by atoms with Crippen molar-refractivity contribution in [3.8, 4) is 0 Å². The van der Waals surface area contributed by atoms with Gasteiger partial charge in [0, 0.05) is 24.4 Å². The van der Waals surface area contributed by atoms with E-state index in [2.05, 4.69) is 30.2 Å². The molecule has 2 nitrogen and oxygen atoms in total. The molecule has 2 saturated carbocycles. The Morgan fingerprint density at radius 2 is 2.25 bits per heavy atom. The molecule has 3 rings (SSSR count). The standard InChI is InChI=1S/C18H28N2/c1-3-8-19-18(12-17-13(2)5-4-9-20-17)16-11-14-6-7-15(16)10-14/h4-5,9,14-16,18-19H,3,6-8,10-12H2,1-2H3. The Morgan fingerprint density at radius 1 is 1.35 bits per heavy atom. The van der Waals surface area contributed by atoms with Gasteiger partial charge in [-0.3, -0.25) is 4.98 Å². The first kappa shape index (κ1) is 14.1. The Bertz CT molecular complexity index is 443. The summed E-state index contributed by atoms with van der Waals surface area (Å²) in [7, 11) is 0. The zero-order valence-electron chi connectivity index (χ0n) is 12.9. The van der Waals surface area contributed by atoms with E-state index in [9.17, 15) is 0 Å². The molecule has 110 valence electrons. The highest BCUT2D eigenvalue weighted by Gasteiger charge is 2.42. The Labute approximate surface area is 123 Å². The molecule has 0 aromatic carbocycles. The zero-order chi connectivity index (χ0) is 13.9. The minimum Gasteiger partial charge on any atom is -0.313 e. The average molecular weight is 272 g/mol. The Balaban J connectivity index is 1.71. The van der Waals surface area contributed by atoms with Crippen molar-refractivity contribution in [3.63, 3.8) is 0 Å². The van der Waals surface area contributed by atoms with Crippen molar-refractivity contribution >= 4 is 0 Å². The molecular formula is C18H28N2. The number of rotatable bonds is 6. The molecule has 4 unspecified atom stereocenters. The first-order chi connectivity index (χ1) is 9.78. The summed E-state index contributed by atoms with van der Waals surface area (Å²) in [5.74, 6) is 2.90. The van der Waals surface area contributed by atoms with Gasteiger partial charge in [0.25, 0.3) is 0 Å². The summed E-state index contributed by atoms with van der Waals surface area (Å²) in [6, 6.07) is 4.88. The van der Waals surface area contributed by atoms with Crippen LogP contribution in [0.5, 0.6) is 0 Å². The van der Waals surface area contributed by atoms with Crippen LogP contribution >= 0.6 is 0 Å². The predicted molar refractivity (Wildman–Crippen MR) is 83.7 cm³/mol. The molecule has 0 aliphatic heterocycles. The molecule has 0 radical (unpaired) electrons. The molecule has 0 amide bonds. The molecule has 1 N–H and O–H groups in total. The molecule has 4 atom stereocenters. The largest absolute Gasteiger partial charge is 0.313 e. The maximum absolute atomic E-state index is 4.62. The fourth-order valence-electron chi connectivity index (χ4n) is 4.43. The first-order valence-corrected chi connectivity index (χ1v) is 8.41. The monoisotopic (exact) mass is 272 g/mol. The van der Waals surface area contributed by atoms with E-state index in [4.69, 9.17) is 0 Å². The second-order valence-electron chi connectivity index (χ2n) is 6.87. The Hall–Kier alpha value is -0.890. The van der Waals surface area contributed by atoms with Crippen molar-refractivity contribution in [1.82, 2.24) is 10.3 Å². The van der Waals surface area contributed by atoms with Gasteiger partial charge < -0.3 is 5.32 Å². The smallest absolute Gasteiger partial charge is 0.0448 e. The second kappa shape index (κ2) is 6.26. The van der Waals surface area contributed by atoms with E-state index in [1.54, 1.807) is 0 Å². The Morgan fingerprint density at radius 3 is 2.90 bits per heavy atom. The minimum absolute atomic E-state index is 0.638. The number of fused-ring (bicyclic) bond motifs is 2. The number of pyridine rings is 1. The molecule has 2 aliphatic rings. The highest BCUT2D eigenvalue weighted by Crippen LogP contribution is 2.49. The number of aryl methyl sites for hydroxylation is 1. The number of nitrogens with zero attached hydrogens (tertiary/aromatic N) is 1. The molecule has 1 heterocycles. The average Bonchev–Trinajstić information content (AvgIpc) is 3.08. The number of aromatic nitrogens is 1. The number of hydrogen-bond acceptors (Lipinski definition) is 2. The third kappa shape index (κ3) is 2.90. The van der Waals surface area contributed by atoms with Crippen molar-refractivity contribution in [2.75, 3.05) is 6.54 Å². The molecule has 20 heavy (non-hydrogen) atoms. The van der Waals surface area contributed by atoms with E-state index in [1.165, 1.54) is 43.4 Å². The fourth-order valence-corrected chi connectivity index (χ4v) is 4.43. The summed E-state index contributed by atoms with van der Waals surface area (Å²) in [5.41, 5.74) is 2.64. The predicted octanol–water partition coefficient (Wildman–Crippen LogP) is 3.74. The third-order valence-electron chi connectivity index (χ3n) is 5.50. The zero-order valence-corrected chi connectivity index (χ0v) is 12.9. The van der Waals surface area contributed by atoms with E-state index in [-0.39, 0.29) is 0 Å². The molecule has 1 aromatic rings. The van der Waals surface area contributed by atoms with Crippen LogP contribution in [0.3, 0.4) is 0 Å². The fraction of sp³-hybridized carbons (Fsp3) is 0.722. The van der Waals surface area contributed by atoms with Crippen molar-refractivity contribution in [2.24, 2.45) is 17.8 Å². The van der Waals surface area contributed by atoms with Crippen LogP contribution < -0.4 is 5.32 Å². The lowest BCUT2D eigenvalue weighted by Gasteiger charge is -2.31. The van der Waals surface area contributed by atoms with Gasteiger partial charge in [-0.15, -0.1) is 0 Å². The van der Waals surface area contributed by atoms with Gasteiger partial charge >= 0.3 is 0 Å². The summed E-state index contributed by atoms with van der Waals surface area (Å²) >= 11 is 0. The molecule has 0 spiro atoms. The van der Waals surface area contributed by atoms with Gasteiger partial charge in [0.2, 0.25) is 0 Å². The quantitative estimate of drug-likeness (QED) is 0.853. The topological polar surface area (TPSA) is 24.9 Å². The molecule has 2 heteroatoms. The normalized spacial score (nSPS) is 29.8. The Kier molecular flexibility index (Phi) is 4.40. The van der Waals surface area contributed by atoms with Crippen molar-refractivity contribution < 1.29 is 0 Å². The summed E-state index contributed by atoms with van der Waals surface area (Å²) in [4.78, 5) is 4.62. The van der Waals surface area contributed by atoms with Gasteiger partial charge in [-0.05, 0) is 68.5 Å². The van der Waals surface area contributed by atoms with Gasteiger partial charge in [-0.25, -0.2) is 0 Å². The van der Waals surface area contributed by atoms with Crippen LogP contribution in [0.25, 0.3) is 0 Å². The molecule has 2 fully saturated rings. The van der Waals surface area contributed by atoms with Crippen LogP contribution in [0.15, 0.2) is 18.3 Å². The highest BCUT2D eigenvalue weighted by atomic mass is 14.9. The van der Waals surface area contributed by atoms with E-state index in [0.29, 0.717) is 6.04 Å². The molecular weight excluding hydrogens is 244 g/mol. The van der Waals surface area contributed by atoms with Crippen LogP contribution in [0, 0.1) is 24.7 Å².